The highest BCUT2D eigenvalue weighted by molar-refractivity contribution is 5.95. The number of benzene rings is 1. The summed E-state index contributed by atoms with van der Waals surface area (Å²) in [5, 5.41) is 6.10. The standard InChI is InChI=1S/C14H19FN2O/c1-9-4-3-7-16-13(9)14(18)17-12-6-5-11(15)8-10(12)2/h5-6,8-9,13,16H,3-4,7H2,1-2H3,(H,17,18). The van der Waals surface area contributed by atoms with E-state index < -0.39 is 0 Å². The Balaban J connectivity index is 2.06. The highest BCUT2D eigenvalue weighted by Crippen LogP contribution is 2.19. The van der Waals surface area contributed by atoms with Gasteiger partial charge in [-0.25, -0.2) is 4.39 Å². The Bertz CT molecular complexity index is 447. The predicted molar refractivity (Wildman–Crippen MR) is 70.0 cm³/mol. The molecule has 0 aromatic heterocycles. The highest BCUT2D eigenvalue weighted by atomic mass is 19.1. The Kier molecular flexibility index (Phi) is 3.97. The first-order valence-corrected chi connectivity index (χ1v) is 6.38. The van der Waals surface area contributed by atoms with Crippen LogP contribution in [0.4, 0.5) is 10.1 Å². The summed E-state index contributed by atoms with van der Waals surface area (Å²) < 4.78 is 13.0. The largest absolute Gasteiger partial charge is 0.324 e. The summed E-state index contributed by atoms with van der Waals surface area (Å²) in [5.74, 6) is 0.0195. The van der Waals surface area contributed by atoms with Crippen molar-refractivity contribution in [2.75, 3.05) is 11.9 Å². The fourth-order valence-corrected chi connectivity index (χ4v) is 2.38. The topological polar surface area (TPSA) is 41.1 Å². The van der Waals surface area contributed by atoms with Gasteiger partial charge in [0.25, 0.3) is 0 Å². The van der Waals surface area contributed by atoms with Crippen molar-refractivity contribution in [3.05, 3.63) is 29.6 Å². The lowest BCUT2D eigenvalue weighted by Crippen LogP contribution is -2.48. The predicted octanol–water partition coefficient (Wildman–Crippen LogP) is 2.46. The normalized spacial score (nSPS) is 23.7. The van der Waals surface area contributed by atoms with E-state index in [9.17, 15) is 9.18 Å². The van der Waals surface area contributed by atoms with E-state index in [0.29, 0.717) is 11.6 Å². The number of amides is 1. The van der Waals surface area contributed by atoms with E-state index in [4.69, 9.17) is 0 Å². The minimum atomic E-state index is -0.283. The molecule has 4 heteroatoms. The average molecular weight is 250 g/mol. The van der Waals surface area contributed by atoms with Crippen molar-refractivity contribution in [2.45, 2.75) is 32.7 Å². The molecule has 98 valence electrons. The van der Waals surface area contributed by atoms with Crippen molar-refractivity contribution in [1.29, 1.82) is 0 Å². The molecule has 2 unspecified atom stereocenters. The van der Waals surface area contributed by atoms with Crippen molar-refractivity contribution in [3.63, 3.8) is 0 Å². The van der Waals surface area contributed by atoms with Crippen LogP contribution in [0.5, 0.6) is 0 Å². The smallest absolute Gasteiger partial charge is 0.241 e. The van der Waals surface area contributed by atoms with E-state index in [0.717, 1.165) is 24.9 Å². The molecule has 0 radical (unpaired) electrons. The summed E-state index contributed by atoms with van der Waals surface area (Å²) in [5.41, 5.74) is 1.42. The van der Waals surface area contributed by atoms with Crippen LogP contribution in [0.1, 0.15) is 25.3 Å². The van der Waals surface area contributed by atoms with Crippen LogP contribution in [-0.4, -0.2) is 18.5 Å². The van der Waals surface area contributed by atoms with Gasteiger partial charge in [-0.3, -0.25) is 4.79 Å². The number of anilines is 1. The second-order valence-corrected chi connectivity index (χ2v) is 5.00. The van der Waals surface area contributed by atoms with Gasteiger partial charge in [-0.1, -0.05) is 6.92 Å². The van der Waals surface area contributed by atoms with Crippen LogP contribution in [-0.2, 0) is 4.79 Å². The first-order valence-electron chi connectivity index (χ1n) is 6.38. The Morgan fingerprint density at radius 1 is 1.50 bits per heavy atom. The minimum absolute atomic E-state index is 0.0306. The quantitative estimate of drug-likeness (QED) is 0.846. The SMILES string of the molecule is Cc1cc(F)ccc1NC(=O)C1NCCCC1C. The van der Waals surface area contributed by atoms with Gasteiger partial charge < -0.3 is 10.6 Å². The number of nitrogens with one attached hydrogen (secondary N) is 2. The molecule has 1 aliphatic rings. The summed E-state index contributed by atoms with van der Waals surface area (Å²) in [7, 11) is 0. The molecule has 1 aromatic carbocycles. The lowest BCUT2D eigenvalue weighted by atomic mass is 9.92. The van der Waals surface area contributed by atoms with Crippen molar-refractivity contribution >= 4 is 11.6 Å². The molecule has 1 amide bonds. The number of hydrogen-bond donors (Lipinski definition) is 2. The number of piperidine rings is 1. The van der Waals surface area contributed by atoms with Gasteiger partial charge in [0.05, 0.1) is 6.04 Å². The average Bonchev–Trinajstić information content (AvgIpc) is 2.33. The highest BCUT2D eigenvalue weighted by Gasteiger charge is 2.27. The maximum Gasteiger partial charge on any atom is 0.241 e. The van der Waals surface area contributed by atoms with E-state index in [1.165, 1.54) is 12.1 Å². The Morgan fingerprint density at radius 2 is 2.28 bits per heavy atom. The molecule has 2 atom stereocenters. The maximum absolute atomic E-state index is 13.0. The minimum Gasteiger partial charge on any atom is -0.324 e. The second kappa shape index (κ2) is 5.48. The molecule has 1 aromatic rings. The fraction of sp³-hybridized carbons (Fsp3) is 0.500. The first-order chi connectivity index (χ1) is 8.58. The van der Waals surface area contributed by atoms with Crippen LogP contribution in [0.3, 0.4) is 0 Å². The van der Waals surface area contributed by atoms with E-state index in [-0.39, 0.29) is 17.8 Å². The van der Waals surface area contributed by atoms with Crippen LogP contribution in [0.15, 0.2) is 18.2 Å². The molecule has 1 saturated heterocycles. The molecule has 1 fully saturated rings. The Morgan fingerprint density at radius 3 is 2.94 bits per heavy atom. The summed E-state index contributed by atoms with van der Waals surface area (Å²) in [6.45, 7) is 4.75. The molecular weight excluding hydrogens is 231 g/mol. The van der Waals surface area contributed by atoms with E-state index in [1.54, 1.807) is 13.0 Å². The molecule has 1 heterocycles. The van der Waals surface area contributed by atoms with Gasteiger partial charge in [0.2, 0.25) is 5.91 Å². The number of hydrogen-bond acceptors (Lipinski definition) is 2. The number of carbonyl (C=O) groups is 1. The van der Waals surface area contributed by atoms with Crippen LogP contribution >= 0.6 is 0 Å². The monoisotopic (exact) mass is 250 g/mol. The number of halogens is 1. The van der Waals surface area contributed by atoms with Crippen LogP contribution < -0.4 is 10.6 Å². The molecule has 18 heavy (non-hydrogen) atoms. The Labute approximate surface area is 107 Å². The zero-order valence-corrected chi connectivity index (χ0v) is 10.8. The van der Waals surface area contributed by atoms with Crippen molar-refractivity contribution < 1.29 is 9.18 Å². The number of rotatable bonds is 2. The second-order valence-electron chi connectivity index (χ2n) is 5.00. The van der Waals surface area contributed by atoms with Gasteiger partial charge in [0, 0.05) is 5.69 Å². The van der Waals surface area contributed by atoms with Gasteiger partial charge in [-0.2, -0.15) is 0 Å². The lowest BCUT2D eigenvalue weighted by molar-refractivity contribution is -0.119. The lowest BCUT2D eigenvalue weighted by Gasteiger charge is -2.29. The molecule has 0 saturated carbocycles. The van der Waals surface area contributed by atoms with Gasteiger partial charge in [-0.15, -0.1) is 0 Å². The van der Waals surface area contributed by atoms with Crippen LogP contribution in [0, 0.1) is 18.7 Å². The van der Waals surface area contributed by atoms with Gasteiger partial charge in [0.15, 0.2) is 0 Å². The molecule has 0 aliphatic carbocycles. The van der Waals surface area contributed by atoms with Gasteiger partial charge >= 0.3 is 0 Å². The molecule has 1 aliphatic heterocycles. The summed E-state index contributed by atoms with van der Waals surface area (Å²) >= 11 is 0. The van der Waals surface area contributed by atoms with E-state index >= 15 is 0 Å². The summed E-state index contributed by atoms with van der Waals surface area (Å²) in [6, 6.07) is 4.24. The molecule has 3 nitrogen and oxygen atoms in total. The molecule has 2 N–H and O–H groups in total. The third-order valence-corrected chi connectivity index (χ3v) is 3.50. The number of carbonyl (C=O) groups excluding carboxylic acids is 1. The molecule has 0 spiro atoms. The summed E-state index contributed by atoms with van der Waals surface area (Å²) in [6.07, 6.45) is 2.17. The zero-order valence-electron chi connectivity index (χ0n) is 10.8. The van der Waals surface area contributed by atoms with Crippen molar-refractivity contribution in [1.82, 2.24) is 5.32 Å². The first kappa shape index (κ1) is 13.0. The third kappa shape index (κ3) is 2.88. The van der Waals surface area contributed by atoms with E-state index in [2.05, 4.69) is 17.6 Å². The third-order valence-electron chi connectivity index (χ3n) is 3.50. The van der Waals surface area contributed by atoms with Crippen molar-refractivity contribution in [3.8, 4) is 0 Å². The van der Waals surface area contributed by atoms with Gasteiger partial charge in [-0.05, 0) is 56.0 Å². The number of aryl methyl sites for hydroxylation is 1. The van der Waals surface area contributed by atoms with Crippen molar-refractivity contribution in [2.24, 2.45) is 5.92 Å². The fourth-order valence-electron chi connectivity index (χ4n) is 2.38. The Hall–Kier alpha value is -1.42. The van der Waals surface area contributed by atoms with E-state index in [1.807, 2.05) is 0 Å². The van der Waals surface area contributed by atoms with Crippen LogP contribution in [0.25, 0.3) is 0 Å². The zero-order chi connectivity index (χ0) is 13.1. The van der Waals surface area contributed by atoms with Gasteiger partial charge in [0.1, 0.15) is 5.82 Å². The maximum atomic E-state index is 13.0. The molecule has 0 bridgehead atoms. The summed E-state index contributed by atoms with van der Waals surface area (Å²) in [4.78, 5) is 12.1. The van der Waals surface area contributed by atoms with Crippen LogP contribution in [0.2, 0.25) is 0 Å². The molecular formula is C14H19FN2O. The molecule has 2 rings (SSSR count).